The maximum Gasteiger partial charge on any atom is 4.00 e. The van der Waals surface area contributed by atoms with Crippen LogP contribution in [0.3, 0.4) is 0 Å². The second-order valence-electron chi connectivity index (χ2n) is 0. The molecule has 0 heterocycles. The molecule has 0 atom stereocenters. The molecule has 4 heavy (non-hydrogen) atoms. The van der Waals surface area contributed by atoms with E-state index in [2.05, 4.69) is 0 Å². The fraction of sp³-hybridized carbons (Fsp3) is 0. The minimum atomic E-state index is 0. The molecule has 0 N–H and O–H groups in total. The molecule has 0 aromatic heterocycles. The summed E-state index contributed by atoms with van der Waals surface area (Å²) in [5.41, 5.74) is 0. The van der Waals surface area contributed by atoms with Crippen LogP contribution in [-0.4, -0.2) is 0 Å². The Balaban J connectivity index is 0. The molecule has 0 rings (SSSR count). The second-order valence-corrected chi connectivity index (χ2v) is 0. The molecule has 0 aliphatic rings. The molecule has 0 bridgehead atoms. The Morgan fingerprint density at radius 1 is 0.750 bits per heavy atom. The first-order chi connectivity index (χ1) is 0. The van der Waals surface area contributed by atoms with Crippen molar-refractivity contribution < 1.29 is 79.6 Å². The zero-order valence-electron chi connectivity index (χ0n) is 1.58. The molecule has 0 saturated heterocycles. The van der Waals surface area contributed by atoms with Crippen LogP contribution in [0, 0.1) is 46.9 Å². The van der Waals surface area contributed by atoms with Gasteiger partial charge in [-0.05, 0) is 0 Å². The first kappa shape index (κ1) is 35.2. The van der Waals surface area contributed by atoms with Crippen LogP contribution in [0.5, 0.6) is 0 Å². The maximum atomic E-state index is 0. The van der Waals surface area contributed by atoms with Gasteiger partial charge in [0, 0.05) is 0 Å². The van der Waals surface area contributed by atoms with Crippen molar-refractivity contribution in [2.75, 3.05) is 0 Å². The van der Waals surface area contributed by atoms with Crippen molar-refractivity contribution in [3.63, 3.8) is 0 Å². The van der Waals surface area contributed by atoms with Crippen molar-refractivity contribution in [3.05, 3.63) is 0 Å². The van der Waals surface area contributed by atoms with Crippen molar-refractivity contribution in [3.8, 4) is 0 Å². The van der Waals surface area contributed by atoms with Crippen LogP contribution in [0.15, 0.2) is 0 Å². The van der Waals surface area contributed by atoms with Crippen LogP contribution in [0.4, 0.5) is 0 Å². The largest absolute Gasteiger partial charge is 4.00 e. The average Bonchev–Trinajstić information content (AvgIpc) is 0. The Morgan fingerprint density at radius 2 is 0.750 bits per heavy atom. The third-order valence-electron chi connectivity index (χ3n) is 0. The molecule has 0 unspecified atom stereocenters. The Morgan fingerprint density at radius 3 is 0.750 bits per heavy atom. The molecule has 27 valence electrons. The van der Waals surface area contributed by atoms with Gasteiger partial charge in [-0.25, -0.2) is 0 Å². The van der Waals surface area contributed by atoms with E-state index in [0.29, 0.717) is 0 Å². The van der Waals surface area contributed by atoms with Crippen LogP contribution < -0.4 is 0 Å². The molecule has 0 aliphatic heterocycles. The van der Waals surface area contributed by atoms with Gasteiger partial charge in [0.25, 0.3) is 0 Å². The molecule has 0 aromatic rings. The van der Waals surface area contributed by atoms with E-state index in [0.717, 1.165) is 0 Å². The van der Waals surface area contributed by atoms with Crippen LogP contribution in [0.2, 0.25) is 0 Å². The van der Waals surface area contributed by atoms with Gasteiger partial charge < -0.3 is 11.0 Å². The molecular formula is O2TiYb+3. The molecule has 4 heteroatoms. The van der Waals surface area contributed by atoms with E-state index in [-0.39, 0.29) is 79.6 Å². The van der Waals surface area contributed by atoms with Gasteiger partial charge in [0.15, 0.2) is 0 Å². The Labute approximate surface area is 78.1 Å². The summed E-state index contributed by atoms with van der Waals surface area (Å²) >= 11 is 0. The minimum Gasteiger partial charge on any atom is -2.00 e. The van der Waals surface area contributed by atoms with Gasteiger partial charge in [-0.15, -0.1) is 0 Å². The van der Waals surface area contributed by atoms with E-state index in [1.807, 2.05) is 0 Å². The fourth-order valence-electron chi connectivity index (χ4n) is 0. The van der Waals surface area contributed by atoms with Gasteiger partial charge in [0.2, 0.25) is 0 Å². The Kier molecular flexibility index (Phi) is 169. The second kappa shape index (κ2) is 19.2. The summed E-state index contributed by atoms with van der Waals surface area (Å²) in [6.07, 6.45) is 0. The molecule has 0 saturated carbocycles. The summed E-state index contributed by atoms with van der Waals surface area (Å²) in [4.78, 5) is 0. The van der Waals surface area contributed by atoms with Crippen LogP contribution >= 0.6 is 0 Å². The smallest absolute Gasteiger partial charge is 2.00 e. The Bertz CT molecular complexity index is 6.00. The van der Waals surface area contributed by atoms with Crippen LogP contribution in [-0.2, 0) is 32.7 Å². The van der Waals surface area contributed by atoms with Crippen LogP contribution in [0.25, 0.3) is 0 Å². The standard InChI is InChI=1S/2O.Ti.Yb/q2*-2;+4;+3. The minimum absolute atomic E-state index is 0. The molecule has 1 radical (unpaired) electrons. The normalized spacial score (nSPS) is 0. The summed E-state index contributed by atoms with van der Waals surface area (Å²) in [7, 11) is 0. The van der Waals surface area contributed by atoms with Gasteiger partial charge in [-0.3, -0.25) is 0 Å². The van der Waals surface area contributed by atoms with E-state index in [9.17, 15) is 0 Å². The fourth-order valence-corrected chi connectivity index (χ4v) is 0. The number of hydrogen-bond acceptors (Lipinski definition) is 0. The predicted octanol–water partition coefficient (Wildman–Crippen LogP) is -0.240. The maximum absolute atomic E-state index is 0. The molecule has 0 fully saturated rings. The average molecular weight is 253 g/mol. The van der Waals surface area contributed by atoms with E-state index in [1.54, 1.807) is 0 Å². The van der Waals surface area contributed by atoms with Crippen molar-refractivity contribution >= 4 is 0 Å². The monoisotopic (exact) mass is 254 g/mol. The molecule has 2 nitrogen and oxygen atoms in total. The van der Waals surface area contributed by atoms with Gasteiger partial charge >= 0.3 is 68.6 Å². The summed E-state index contributed by atoms with van der Waals surface area (Å²) in [6, 6.07) is 0. The van der Waals surface area contributed by atoms with E-state index in [1.165, 1.54) is 0 Å². The first-order valence-electron chi connectivity index (χ1n) is 0. The topological polar surface area (TPSA) is 57.0 Å². The SMILES string of the molecule is [O-2].[O-2].[Ti+4].[Yb+3]. The zero-order chi connectivity index (χ0) is 0. The van der Waals surface area contributed by atoms with Crippen molar-refractivity contribution in [1.82, 2.24) is 0 Å². The van der Waals surface area contributed by atoms with Crippen LogP contribution in [0.1, 0.15) is 0 Å². The van der Waals surface area contributed by atoms with Gasteiger partial charge in [-0.1, -0.05) is 0 Å². The summed E-state index contributed by atoms with van der Waals surface area (Å²) in [5.74, 6) is 0. The molecule has 0 spiro atoms. The van der Waals surface area contributed by atoms with Gasteiger partial charge in [0.05, 0.1) is 0 Å². The third-order valence-corrected chi connectivity index (χ3v) is 0. The third kappa shape index (κ3) is 8.91. The Hall–Kier alpha value is 2.15. The van der Waals surface area contributed by atoms with Crippen molar-refractivity contribution in [2.24, 2.45) is 0 Å². The molecule has 0 amide bonds. The predicted molar refractivity (Wildman–Crippen MR) is 1.37 cm³/mol. The quantitative estimate of drug-likeness (QED) is 0.535. The van der Waals surface area contributed by atoms with Crippen molar-refractivity contribution in [2.45, 2.75) is 0 Å². The summed E-state index contributed by atoms with van der Waals surface area (Å²) in [5, 5.41) is 0. The first-order valence-corrected chi connectivity index (χ1v) is 0. The number of rotatable bonds is 0. The van der Waals surface area contributed by atoms with E-state index < -0.39 is 0 Å². The van der Waals surface area contributed by atoms with Crippen molar-refractivity contribution in [1.29, 1.82) is 0 Å². The van der Waals surface area contributed by atoms with E-state index in [4.69, 9.17) is 0 Å². The van der Waals surface area contributed by atoms with E-state index >= 15 is 0 Å². The summed E-state index contributed by atoms with van der Waals surface area (Å²) in [6.45, 7) is 0. The van der Waals surface area contributed by atoms with Gasteiger partial charge in [-0.2, -0.15) is 0 Å². The molecular weight excluding hydrogens is 253 g/mol. The van der Waals surface area contributed by atoms with Gasteiger partial charge in [0.1, 0.15) is 0 Å². The summed E-state index contributed by atoms with van der Waals surface area (Å²) < 4.78 is 0. The molecule has 0 aromatic carbocycles. The number of hydrogen-bond donors (Lipinski definition) is 0. The molecule has 0 aliphatic carbocycles. The zero-order valence-corrected chi connectivity index (χ0v) is 4.86.